The molecule has 2 atom stereocenters. The van der Waals surface area contributed by atoms with E-state index in [1.54, 1.807) is 24.8 Å². The molecule has 2 fully saturated rings. The van der Waals surface area contributed by atoms with Crippen LogP contribution in [0.5, 0.6) is 0 Å². The number of aryl methyl sites for hydroxylation is 1. The number of nitrogens with one attached hydrogen (secondary N) is 1. The van der Waals surface area contributed by atoms with Crippen molar-refractivity contribution in [1.29, 1.82) is 0 Å². The van der Waals surface area contributed by atoms with Gasteiger partial charge in [0.15, 0.2) is 0 Å². The zero-order chi connectivity index (χ0) is 18.9. The fourth-order valence-corrected chi connectivity index (χ4v) is 3.96. The van der Waals surface area contributed by atoms with Crippen LogP contribution in [0.1, 0.15) is 25.3 Å². The Bertz CT molecular complexity index is 711. The van der Waals surface area contributed by atoms with Crippen molar-refractivity contribution in [1.82, 2.24) is 9.80 Å². The van der Waals surface area contributed by atoms with Gasteiger partial charge in [0.1, 0.15) is 5.82 Å². The Morgan fingerprint density at radius 1 is 1.31 bits per heavy atom. The molecule has 26 heavy (non-hydrogen) atoms. The van der Waals surface area contributed by atoms with E-state index in [1.807, 2.05) is 4.90 Å². The number of amides is 2. The number of aliphatic hydroxyl groups is 1. The highest BCUT2D eigenvalue weighted by molar-refractivity contribution is 5.92. The standard InChI is InChI=1S/C19H26FN3O3/c1-13-9-16(20)3-4-17(13)21-18(25)12-22-7-5-19(26)6-8-23(14(2)24)11-15(19)10-22/h3-4,9,15,26H,5-8,10-12H2,1-2H3,(H,21,25)/t15-,19-/m1/s1. The number of anilines is 1. The van der Waals surface area contributed by atoms with Crippen LogP contribution in [0.15, 0.2) is 18.2 Å². The summed E-state index contributed by atoms with van der Waals surface area (Å²) in [7, 11) is 0. The van der Waals surface area contributed by atoms with Crippen molar-refractivity contribution in [2.24, 2.45) is 5.92 Å². The zero-order valence-electron chi connectivity index (χ0n) is 15.3. The minimum atomic E-state index is -0.744. The Balaban J connectivity index is 1.59. The lowest BCUT2D eigenvalue weighted by molar-refractivity contribution is -0.146. The van der Waals surface area contributed by atoms with Gasteiger partial charge in [-0.1, -0.05) is 0 Å². The first-order valence-electron chi connectivity index (χ1n) is 9.03. The van der Waals surface area contributed by atoms with E-state index in [0.717, 1.165) is 0 Å². The molecule has 0 spiro atoms. The normalized spacial score (nSPS) is 26.3. The molecular weight excluding hydrogens is 337 g/mol. The average molecular weight is 363 g/mol. The summed E-state index contributed by atoms with van der Waals surface area (Å²) >= 11 is 0. The molecule has 2 amide bonds. The molecule has 0 radical (unpaired) electrons. The lowest BCUT2D eigenvalue weighted by Gasteiger charge is -2.50. The molecule has 2 aliphatic heterocycles. The number of carbonyl (C=O) groups is 2. The van der Waals surface area contributed by atoms with Crippen molar-refractivity contribution in [3.05, 3.63) is 29.6 Å². The van der Waals surface area contributed by atoms with Crippen molar-refractivity contribution in [3.63, 3.8) is 0 Å². The van der Waals surface area contributed by atoms with Crippen LogP contribution in [-0.2, 0) is 9.59 Å². The van der Waals surface area contributed by atoms with E-state index in [-0.39, 0.29) is 30.1 Å². The monoisotopic (exact) mass is 363 g/mol. The summed E-state index contributed by atoms with van der Waals surface area (Å²) in [5.74, 6) is -0.518. The number of likely N-dealkylation sites (tertiary alicyclic amines) is 2. The van der Waals surface area contributed by atoms with Crippen LogP contribution in [-0.4, -0.2) is 65.0 Å². The molecule has 2 N–H and O–H groups in total. The molecule has 0 saturated carbocycles. The maximum absolute atomic E-state index is 13.2. The fourth-order valence-electron chi connectivity index (χ4n) is 3.96. The number of carbonyl (C=O) groups excluding carboxylic acids is 2. The molecule has 0 aromatic heterocycles. The van der Waals surface area contributed by atoms with Crippen LogP contribution in [0.4, 0.5) is 10.1 Å². The van der Waals surface area contributed by atoms with Gasteiger partial charge in [0.2, 0.25) is 11.8 Å². The number of benzene rings is 1. The maximum Gasteiger partial charge on any atom is 0.238 e. The first kappa shape index (κ1) is 18.8. The molecular formula is C19H26FN3O3. The first-order chi connectivity index (χ1) is 12.3. The smallest absolute Gasteiger partial charge is 0.238 e. The average Bonchev–Trinajstić information content (AvgIpc) is 2.57. The molecule has 2 saturated heterocycles. The van der Waals surface area contributed by atoms with Crippen molar-refractivity contribution in [2.45, 2.75) is 32.3 Å². The second-order valence-electron chi connectivity index (χ2n) is 7.51. The Morgan fingerprint density at radius 3 is 2.73 bits per heavy atom. The lowest BCUT2D eigenvalue weighted by atomic mass is 9.75. The van der Waals surface area contributed by atoms with Crippen LogP contribution in [0.25, 0.3) is 0 Å². The Morgan fingerprint density at radius 2 is 2.04 bits per heavy atom. The molecule has 0 aliphatic carbocycles. The summed E-state index contributed by atoms with van der Waals surface area (Å²) in [5.41, 5.74) is 0.535. The first-order valence-corrected chi connectivity index (χ1v) is 9.03. The van der Waals surface area contributed by atoms with Gasteiger partial charge in [-0.25, -0.2) is 4.39 Å². The van der Waals surface area contributed by atoms with Crippen LogP contribution in [0, 0.1) is 18.7 Å². The van der Waals surface area contributed by atoms with E-state index in [1.165, 1.54) is 12.1 Å². The highest BCUT2D eigenvalue weighted by Crippen LogP contribution is 2.35. The van der Waals surface area contributed by atoms with Gasteiger partial charge in [-0.2, -0.15) is 0 Å². The van der Waals surface area contributed by atoms with Crippen LogP contribution < -0.4 is 5.32 Å². The van der Waals surface area contributed by atoms with Crippen molar-refractivity contribution in [2.75, 3.05) is 38.0 Å². The highest BCUT2D eigenvalue weighted by Gasteiger charge is 2.45. The second-order valence-corrected chi connectivity index (χ2v) is 7.51. The topological polar surface area (TPSA) is 72.9 Å². The quantitative estimate of drug-likeness (QED) is 0.851. The van der Waals surface area contributed by atoms with Crippen molar-refractivity contribution < 1.29 is 19.1 Å². The Labute approximate surface area is 153 Å². The summed E-state index contributed by atoms with van der Waals surface area (Å²) < 4.78 is 13.2. The number of piperidine rings is 2. The number of nitrogens with zero attached hydrogens (tertiary/aromatic N) is 2. The van der Waals surface area contributed by atoms with E-state index >= 15 is 0 Å². The summed E-state index contributed by atoms with van der Waals surface area (Å²) in [5, 5.41) is 13.7. The number of fused-ring (bicyclic) bond motifs is 1. The Hall–Kier alpha value is -1.99. The van der Waals surface area contributed by atoms with Crippen LogP contribution in [0.2, 0.25) is 0 Å². The third-order valence-corrected chi connectivity index (χ3v) is 5.63. The van der Waals surface area contributed by atoms with Gasteiger partial charge in [-0.3, -0.25) is 14.5 Å². The minimum absolute atomic E-state index is 0.0219. The van der Waals surface area contributed by atoms with Gasteiger partial charge in [-0.05, 0) is 43.5 Å². The summed E-state index contributed by atoms with van der Waals surface area (Å²) in [6, 6.07) is 4.26. The molecule has 1 aromatic rings. The van der Waals surface area contributed by atoms with E-state index in [0.29, 0.717) is 50.3 Å². The lowest BCUT2D eigenvalue weighted by Crippen LogP contribution is -2.61. The molecule has 7 heteroatoms. The van der Waals surface area contributed by atoms with Gasteiger partial charge in [0.05, 0.1) is 12.1 Å². The summed E-state index contributed by atoms with van der Waals surface area (Å²) in [4.78, 5) is 27.8. The minimum Gasteiger partial charge on any atom is -0.389 e. The molecule has 0 unspecified atom stereocenters. The predicted octanol–water partition coefficient (Wildman–Crippen LogP) is 1.38. The molecule has 2 heterocycles. The summed E-state index contributed by atoms with van der Waals surface area (Å²) in [6.07, 6.45) is 1.19. The molecule has 142 valence electrons. The van der Waals surface area contributed by atoms with E-state index in [9.17, 15) is 19.1 Å². The predicted molar refractivity (Wildman–Crippen MR) is 96.1 cm³/mol. The molecule has 2 aliphatic rings. The highest BCUT2D eigenvalue weighted by atomic mass is 19.1. The Kier molecular flexibility index (Phi) is 5.29. The van der Waals surface area contributed by atoms with E-state index < -0.39 is 5.60 Å². The third-order valence-electron chi connectivity index (χ3n) is 5.63. The SMILES string of the molecule is CC(=O)N1CC[C@]2(O)CCN(CC(=O)Nc3ccc(F)cc3C)C[C@@H]2C1. The largest absolute Gasteiger partial charge is 0.389 e. The molecule has 0 bridgehead atoms. The third kappa shape index (κ3) is 4.04. The van der Waals surface area contributed by atoms with Crippen LogP contribution >= 0.6 is 0 Å². The number of hydrogen-bond donors (Lipinski definition) is 2. The van der Waals surface area contributed by atoms with Gasteiger partial charge < -0.3 is 15.3 Å². The van der Waals surface area contributed by atoms with Crippen molar-refractivity contribution in [3.8, 4) is 0 Å². The number of halogens is 1. The fraction of sp³-hybridized carbons (Fsp3) is 0.579. The van der Waals surface area contributed by atoms with E-state index in [4.69, 9.17) is 0 Å². The number of hydrogen-bond acceptors (Lipinski definition) is 4. The second kappa shape index (κ2) is 7.32. The summed E-state index contributed by atoms with van der Waals surface area (Å²) in [6.45, 7) is 5.84. The molecule has 3 rings (SSSR count). The zero-order valence-corrected chi connectivity index (χ0v) is 15.3. The van der Waals surface area contributed by atoms with Gasteiger partial charge >= 0.3 is 0 Å². The molecule has 6 nitrogen and oxygen atoms in total. The van der Waals surface area contributed by atoms with Gasteiger partial charge in [0, 0.05) is 44.7 Å². The maximum atomic E-state index is 13.2. The van der Waals surface area contributed by atoms with Crippen molar-refractivity contribution >= 4 is 17.5 Å². The number of rotatable bonds is 3. The van der Waals surface area contributed by atoms with Gasteiger partial charge in [-0.15, -0.1) is 0 Å². The van der Waals surface area contributed by atoms with E-state index in [2.05, 4.69) is 5.32 Å². The van der Waals surface area contributed by atoms with Crippen LogP contribution in [0.3, 0.4) is 0 Å². The molecule has 1 aromatic carbocycles. The van der Waals surface area contributed by atoms with Gasteiger partial charge in [0.25, 0.3) is 0 Å².